The molecule has 5 heteroatoms. The predicted molar refractivity (Wildman–Crippen MR) is 112 cm³/mol. The molecular formula is C24H22N2O3. The lowest BCUT2D eigenvalue weighted by Crippen LogP contribution is -2.31. The van der Waals surface area contributed by atoms with Gasteiger partial charge < -0.3 is 9.73 Å². The van der Waals surface area contributed by atoms with Crippen molar-refractivity contribution in [3.8, 4) is 0 Å². The van der Waals surface area contributed by atoms with Crippen molar-refractivity contribution < 1.29 is 14.0 Å². The van der Waals surface area contributed by atoms with E-state index < -0.39 is 0 Å². The third-order valence-corrected chi connectivity index (χ3v) is 5.00. The van der Waals surface area contributed by atoms with Crippen molar-refractivity contribution in [2.24, 2.45) is 0 Å². The van der Waals surface area contributed by atoms with Gasteiger partial charge in [-0.15, -0.1) is 0 Å². The van der Waals surface area contributed by atoms with E-state index in [0.717, 1.165) is 27.9 Å². The molecule has 0 unspecified atom stereocenters. The number of imide groups is 1. The van der Waals surface area contributed by atoms with Gasteiger partial charge in [-0.05, 0) is 61.7 Å². The molecule has 1 aliphatic rings. The Hall–Kier alpha value is -3.60. The summed E-state index contributed by atoms with van der Waals surface area (Å²) in [5, 5.41) is 3.20. The Morgan fingerprint density at radius 3 is 2.38 bits per heavy atom. The van der Waals surface area contributed by atoms with Gasteiger partial charge in [-0.3, -0.25) is 14.5 Å². The molecule has 2 aromatic carbocycles. The second kappa shape index (κ2) is 7.43. The zero-order chi connectivity index (χ0) is 20.5. The molecule has 29 heavy (non-hydrogen) atoms. The fraction of sp³-hybridized carbons (Fsp3) is 0.167. The van der Waals surface area contributed by atoms with Crippen LogP contribution in [0.25, 0.3) is 5.57 Å². The molecule has 2 amide bonds. The van der Waals surface area contributed by atoms with E-state index in [4.69, 9.17) is 4.42 Å². The minimum atomic E-state index is -0.358. The number of rotatable bonds is 5. The normalized spacial score (nSPS) is 14.1. The third-order valence-electron chi connectivity index (χ3n) is 5.00. The van der Waals surface area contributed by atoms with Gasteiger partial charge in [-0.1, -0.05) is 35.9 Å². The highest BCUT2D eigenvalue weighted by Crippen LogP contribution is 2.33. The molecule has 0 spiro atoms. The van der Waals surface area contributed by atoms with Gasteiger partial charge >= 0.3 is 0 Å². The van der Waals surface area contributed by atoms with E-state index in [0.29, 0.717) is 17.0 Å². The van der Waals surface area contributed by atoms with Crippen LogP contribution in [-0.4, -0.2) is 16.7 Å². The van der Waals surface area contributed by atoms with Crippen molar-refractivity contribution in [3.05, 3.63) is 94.6 Å². The number of aryl methyl sites for hydroxylation is 3. The van der Waals surface area contributed by atoms with Gasteiger partial charge in [0, 0.05) is 5.69 Å². The molecule has 0 bridgehead atoms. The molecule has 0 saturated heterocycles. The summed E-state index contributed by atoms with van der Waals surface area (Å²) in [5.74, 6) is -0.125. The molecule has 0 radical (unpaired) electrons. The maximum Gasteiger partial charge on any atom is 0.278 e. The van der Waals surface area contributed by atoms with Crippen LogP contribution < -0.4 is 5.32 Å². The lowest BCUT2D eigenvalue weighted by molar-refractivity contribution is -0.137. The molecule has 0 atom stereocenters. The second-order valence-corrected chi connectivity index (χ2v) is 7.34. The van der Waals surface area contributed by atoms with Crippen molar-refractivity contribution in [1.29, 1.82) is 0 Å². The van der Waals surface area contributed by atoms with Crippen LogP contribution in [0.5, 0.6) is 0 Å². The average molecular weight is 386 g/mol. The number of nitrogens with zero attached hydrogens (tertiary/aromatic N) is 1. The van der Waals surface area contributed by atoms with E-state index in [1.54, 1.807) is 12.1 Å². The van der Waals surface area contributed by atoms with Crippen molar-refractivity contribution in [2.45, 2.75) is 27.3 Å². The first-order valence-electron chi connectivity index (χ1n) is 9.48. The molecule has 1 aromatic heterocycles. The zero-order valence-electron chi connectivity index (χ0n) is 16.7. The zero-order valence-corrected chi connectivity index (χ0v) is 16.7. The fourth-order valence-electron chi connectivity index (χ4n) is 3.61. The van der Waals surface area contributed by atoms with Gasteiger partial charge in [-0.2, -0.15) is 0 Å². The number of hydrogen-bond donors (Lipinski definition) is 1. The summed E-state index contributed by atoms with van der Waals surface area (Å²) in [6.45, 7) is 6.03. The Balaban J connectivity index is 1.80. The fourth-order valence-corrected chi connectivity index (χ4v) is 3.61. The van der Waals surface area contributed by atoms with Crippen LogP contribution in [0.1, 0.15) is 28.0 Å². The van der Waals surface area contributed by atoms with E-state index in [2.05, 4.69) is 5.32 Å². The first-order chi connectivity index (χ1) is 13.9. The SMILES string of the molecule is Cc1cccc(NC2=C(c3ccc(C)cc3C)C(=O)N(Cc3ccco3)C2=O)c1. The lowest BCUT2D eigenvalue weighted by Gasteiger charge is -2.14. The van der Waals surface area contributed by atoms with Gasteiger partial charge in [0.25, 0.3) is 11.8 Å². The topological polar surface area (TPSA) is 62.6 Å². The monoisotopic (exact) mass is 386 g/mol. The van der Waals surface area contributed by atoms with Gasteiger partial charge in [0.1, 0.15) is 11.5 Å². The number of hydrogen-bond acceptors (Lipinski definition) is 4. The lowest BCUT2D eigenvalue weighted by atomic mass is 9.97. The number of furan rings is 1. The smallest absolute Gasteiger partial charge is 0.278 e. The quantitative estimate of drug-likeness (QED) is 0.651. The Labute approximate surface area is 169 Å². The van der Waals surface area contributed by atoms with Crippen LogP contribution in [0.3, 0.4) is 0 Å². The summed E-state index contributed by atoms with van der Waals surface area (Å²) < 4.78 is 5.36. The van der Waals surface area contributed by atoms with E-state index >= 15 is 0 Å². The third kappa shape index (κ3) is 3.59. The Bertz CT molecular complexity index is 1130. The van der Waals surface area contributed by atoms with E-state index in [9.17, 15) is 9.59 Å². The van der Waals surface area contributed by atoms with Crippen LogP contribution in [-0.2, 0) is 16.1 Å². The molecule has 1 aliphatic heterocycles. The molecule has 1 N–H and O–H groups in total. The van der Waals surface area contributed by atoms with Crippen LogP contribution in [0.15, 0.2) is 71.0 Å². The molecule has 3 aromatic rings. The number of carbonyl (C=O) groups excluding carboxylic acids is 2. The molecule has 146 valence electrons. The Morgan fingerprint density at radius 2 is 1.69 bits per heavy atom. The molecular weight excluding hydrogens is 364 g/mol. The second-order valence-electron chi connectivity index (χ2n) is 7.34. The summed E-state index contributed by atoms with van der Waals surface area (Å²) in [4.78, 5) is 27.8. The summed E-state index contributed by atoms with van der Waals surface area (Å²) in [7, 11) is 0. The molecule has 4 rings (SSSR count). The van der Waals surface area contributed by atoms with E-state index in [1.807, 2.05) is 63.2 Å². The van der Waals surface area contributed by atoms with Crippen LogP contribution >= 0.6 is 0 Å². The van der Waals surface area contributed by atoms with Crippen molar-refractivity contribution >= 4 is 23.1 Å². The van der Waals surface area contributed by atoms with Crippen LogP contribution in [0, 0.1) is 20.8 Å². The standard InChI is InChI=1S/C24H22N2O3/c1-15-6-4-7-18(13-15)25-22-21(20-10-9-16(2)12-17(20)3)23(27)26(24(22)28)14-19-8-5-11-29-19/h4-13,25H,14H2,1-3H3. The van der Waals surface area contributed by atoms with Gasteiger partial charge in [0.15, 0.2) is 0 Å². The highest BCUT2D eigenvalue weighted by Gasteiger charge is 2.40. The molecule has 0 aliphatic carbocycles. The largest absolute Gasteiger partial charge is 0.467 e. The van der Waals surface area contributed by atoms with Crippen molar-refractivity contribution in [1.82, 2.24) is 4.90 Å². The maximum absolute atomic E-state index is 13.3. The highest BCUT2D eigenvalue weighted by atomic mass is 16.3. The van der Waals surface area contributed by atoms with Gasteiger partial charge in [-0.25, -0.2) is 0 Å². The molecule has 0 saturated carbocycles. The summed E-state index contributed by atoms with van der Waals surface area (Å²) >= 11 is 0. The van der Waals surface area contributed by atoms with Crippen LogP contribution in [0.4, 0.5) is 5.69 Å². The minimum Gasteiger partial charge on any atom is -0.467 e. The summed E-state index contributed by atoms with van der Waals surface area (Å²) in [6, 6.07) is 17.1. The molecule has 0 fully saturated rings. The first kappa shape index (κ1) is 18.7. The number of carbonyl (C=O) groups is 2. The van der Waals surface area contributed by atoms with Gasteiger partial charge in [0.2, 0.25) is 0 Å². The Kier molecular flexibility index (Phi) is 4.80. The number of anilines is 1. The first-order valence-corrected chi connectivity index (χ1v) is 9.48. The maximum atomic E-state index is 13.3. The molecule has 5 nitrogen and oxygen atoms in total. The predicted octanol–water partition coefficient (Wildman–Crippen LogP) is 4.60. The number of amides is 2. The average Bonchev–Trinajstić information content (AvgIpc) is 3.26. The van der Waals surface area contributed by atoms with E-state index in [-0.39, 0.29) is 18.4 Å². The number of benzene rings is 2. The van der Waals surface area contributed by atoms with Gasteiger partial charge in [0.05, 0.1) is 18.4 Å². The summed E-state index contributed by atoms with van der Waals surface area (Å²) in [6.07, 6.45) is 1.53. The van der Waals surface area contributed by atoms with E-state index in [1.165, 1.54) is 11.2 Å². The van der Waals surface area contributed by atoms with Crippen LogP contribution in [0.2, 0.25) is 0 Å². The molecule has 2 heterocycles. The highest BCUT2D eigenvalue weighted by molar-refractivity contribution is 6.36. The van der Waals surface area contributed by atoms with Crippen molar-refractivity contribution in [2.75, 3.05) is 5.32 Å². The van der Waals surface area contributed by atoms with Crippen molar-refractivity contribution in [3.63, 3.8) is 0 Å². The minimum absolute atomic E-state index is 0.0953. The summed E-state index contributed by atoms with van der Waals surface area (Å²) in [5.41, 5.74) is 5.32. The Morgan fingerprint density at radius 1 is 0.897 bits per heavy atom. The number of nitrogens with one attached hydrogen (secondary N) is 1.